The third-order valence-corrected chi connectivity index (χ3v) is 9.89. The molecule has 1 unspecified atom stereocenters. The third kappa shape index (κ3) is 15.7. The number of hydrogen-bond donors (Lipinski definition) is 8. The Hall–Kier alpha value is -4.21. The van der Waals surface area contributed by atoms with Crippen molar-refractivity contribution in [3.8, 4) is 0 Å². The van der Waals surface area contributed by atoms with Gasteiger partial charge in [-0.25, -0.2) is 10.5 Å². The number of likely N-dealkylation sites (tertiary alicyclic amines) is 1. The van der Waals surface area contributed by atoms with Crippen LogP contribution < -0.4 is 37.6 Å². The minimum absolute atomic E-state index is 0.127. The number of nitrogens with zero attached hydrogens (tertiary/aromatic N) is 4. The molecule has 2 aromatic rings. The molecule has 4 rings (SSSR count). The quantitative estimate of drug-likeness (QED) is 0.0417. The van der Waals surface area contributed by atoms with E-state index in [4.69, 9.17) is 21.2 Å². The van der Waals surface area contributed by atoms with E-state index in [1.54, 1.807) is 6.20 Å². The van der Waals surface area contributed by atoms with Crippen molar-refractivity contribution in [3.05, 3.63) is 36.2 Å². The SMILES string of the molecule is N=N/C(=C\NCCCNCCCNC1CCCCC1)CNc1nc(NC2CCN(C(=O)CCCCNC(=O)CCC(N)C=O)CC2)c2ccccc2n1. The van der Waals surface area contributed by atoms with Gasteiger partial charge in [-0.1, -0.05) is 31.4 Å². The molecule has 0 radical (unpaired) electrons. The third-order valence-electron chi connectivity index (χ3n) is 9.89. The van der Waals surface area contributed by atoms with Crippen molar-refractivity contribution in [1.29, 1.82) is 5.53 Å². The van der Waals surface area contributed by atoms with Gasteiger partial charge in [0.05, 0.1) is 23.8 Å². The first-order valence-electron chi connectivity index (χ1n) is 19.7. The minimum Gasteiger partial charge on any atom is -0.389 e. The average Bonchev–Trinajstić information content (AvgIpc) is 3.19. The van der Waals surface area contributed by atoms with E-state index in [9.17, 15) is 14.4 Å². The molecule has 2 heterocycles. The van der Waals surface area contributed by atoms with E-state index in [0.717, 1.165) is 74.6 Å². The number of hydrogen-bond acceptors (Lipinski definition) is 13. The Labute approximate surface area is 314 Å². The number of benzene rings is 1. The molecule has 1 aliphatic carbocycles. The highest BCUT2D eigenvalue weighted by Crippen LogP contribution is 2.25. The number of aromatic nitrogens is 2. The fourth-order valence-electron chi connectivity index (χ4n) is 6.72. The Morgan fingerprint density at radius 2 is 1.70 bits per heavy atom. The summed E-state index contributed by atoms with van der Waals surface area (Å²) < 4.78 is 0. The van der Waals surface area contributed by atoms with Crippen LogP contribution in [0.15, 0.2) is 41.3 Å². The van der Waals surface area contributed by atoms with Crippen LogP contribution in [0.2, 0.25) is 0 Å². The average molecular weight is 735 g/mol. The molecule has 2 aliphatic rings. The molecule has 1 aliphatic heterocycles. The Kier molecular flexibility index (Phi) is 18.9. The van der Waals surface area contributed by atoms with Gasteiger partial charge in [0.2, 0.25) is 17.8 Å². The molecule has 9 N–H and O–H groups in total. The van der Waals surface area contributed by atoms with Gasteiger partial charge >= 0.3 is 0 Å². The molecule has 0 spiro atoms. The Morgan fingerprint density at radius 3 is 2.47 bits per heavy atom. The molecule has 1 atom stereocenters. The monoisotopic (exact) mass is 735 g/mol. The summed E-state index contributed by atoms with van der Waals surface area (Å²) in [7, 11) is 0. The number of carbonyl (C=O) groups is 3. The molecule has 2 fully saturated rings. The molecular formula is C38H62N12O3. The van der Waals surface area contributed by atoms with Crippen LogP contribution in [0.3, 0.4) is 0 Å². The lowest BCUT2D eigenvalue weighted by Crippen LogP contribution is -2.42. The number of aldehydes is 1. The van der Waals surface area contributed by atoms with E-state index < -0.39 is 6.04 Å². The standard InChI is InChI=1S/C38H62N12O3/c39-29(28-51)15-16-35(52)44-22-7-6-14-36(53)50-24-17-31(18-25-50)46-37-33-12-4-5-13-34(33)47-38(48-37)45-27-32(49-40)26-42-21-8-19-41-20-9-23-43-30-10-2-1-3-11-30/h4-5,12-13,26,28-31,40-43H,1-3,6-11,14-25,27,39H2,(H,44,52)(H2,45,46,47,48)/b32-26-,49-40?. The maximum Gasteiger partial charge on any atom is 0.225 e. The zero-order valence-corrected chi connectivity index (χ0v) is 31.3. The lowest BCUT2D eigenvalue weighted by Gasteiger charge is -2.33. The van der Waals surface area contributed by atoms with Crippen molar-refractivity contribution in [2.24, 2.45) is 10.8 Å². The summed E-state index contributed by atoms with van der Waals surface area (Å²) in [5.74, 6) is 1.20. The number of piperidine rings is 1. The number of rotatable bonds is 25. The van der Waals surface area contributed by atoms with Crippen molar-refractivity contribution < 1.29 is 14.4 Å². The highest BCUT2D eigenvalue weighted by Gasteiger charge is 2.23. The molecular weight excluding hydrogens is 672 g/mol. The first-order valence-corrected chi connectivity index (χ1v) is 19.7. The van der Waals surface area contributed by atoms with Crippen molar-refractivity contribution in [3.63, 3.8) is 0 Å². The van der Waals surface area contributed by atoms with Crippen molar-refractivity contribution in [2.75, 3.05) is 63.0 Å². The highest BCUT2D eigenvalue weighted by atomic mass is 16.2. The van der Waals surface area contributed by atoms with Crippen LogP contribution in [-0.2, 0) is 14.4 Å². The van der Waals surface area contributed by atoms with Gasteiger partial charge < -0.3 is 47.3 Å². The first-order chi connectivity index (χ1) is 25.9. The lowest BCUT2D eigenvalue weighted by atomic mass is 9.95. The van der Waals surface area contributed by atoms with Gasteiger partial charge in [0.25, 0.3) is 0 Å². The number of nitrogens with two attached hydrogens (primary N) is 1. The molecule has 1 saturated heterocycles. The van der Waals surface area contributed by atoms with Gasteiger partial charge in [-0.05, 0) is 89.6 Å². The first kappa shape index (κ1) is 41.5. The normalized spacial score (nSPS) is 16.2. The maximum atomic E-state index is 12.8. The predicted molar refractivity (Wildman–Crippen MR) is 210 cm³/mol. The van der Waals surface area contributed by atoms with E-state index in [0.29, 0.717) is 69.8 Å². The minimum atomic E-state index is -0.607. The van der Waals surface area contributed by atoms with Crippen LogP contribution >= 0.6 is 0 Å². The largest absolute Gasteiger partial charge is 0.389 e. The Balaban J connectivity index is 1.13. The molecule has 0 bridgehead atoms. The second-order valence-corrected chi connectivity index (χ2v) is 14.2. The summed E-state index contributed by atoms with van der Waals surface area (Å²) in [6, 6.07) is 8.14. The Morgan fingerprint density at radius 1 is 0.925 bits per heavy atom. The van der Waals surface area contributed by atoms with Crippen LogP contribution in [0.5, 0.6) is 0 Å². The molecule has 2 amide bonds. The van der Waals surface area contributed by atoms with E-state index >= 15 is 0 Å². The zero-order valence-electron chi connectivity index (χ0n) is 31.3. The summed E-state index contributed by atoms with van der Waals surface area (Å²) in [5, 5.41) is 24.8. The summed E-state index contributed by atoms with van der Waals surface area (Å²) >= 11 is 0. The number of anilines is 2. The van der Waals surface area contributed by atoms with Crippen molar-refractivity contribution in [1.82, 2.24) is 36.1 Å². The van der Waals surface area contributed by atoms with Crippen LogP contribution in [0.1, 0.15) is 89.9 Å². The lowest BCUT2D eigenvalue weighted by molar-refractivity contribution is -0.132. The van der Waals surface area contributed by atoms with Gasteiger partial charge in [0.15, 0.2) is 0 Å². The van der Waals surface area contributed by atoms with E-state index in [-0.39, 0.29) is 24.3 Å². The van der Waals surface area contributed by atoms with Gasteiger partial charge in [-0.15, -0.1) is 0 Å². The number of amides is 2. The molecule has 292 valence electrons. The number of nitrogens with one attached hydrogen (secondary N) is 7. The molecule has 15 nitrogen and oxygen atoms in total. The Bertz CT molecular complexity index is 1440. The number of carbonyl (C=O) groups excluding carboxylic acids is 3. The van der Waals surface area contributed by atoms with Crippen molar-refractivity contribution in [2.45, 2.75) is 108 Å². The van der Waals surface area contributed by atoms with E-state index in [1.165, 1.54) is 32.1 Å². The molecule has 1 aromatic heterocycles. The fourth-order valence-corrected chi connectivity index (χ4v) is 6.72. The zero-order chi connectivity index (χ0) is 37.5. The molecule has 1 aromatic carbocycles. The smallest absolute Gasteiger partial charge is 0.225 e. The second-order valence-electron chi connectivity index (χ2n) is 14.2. The molecule has 15 heteroatoms. The van der Waals surface area contributed by atoms with E-state index in [2.05, 4.69) is 37.0 Å². The van der Waals surface area contributed by atoms with E-state index in [1.807, 2.05) is 29.2 Å². The van der Waals surface area contributed by atoms with Gasteiger partial charge in [0.1, 0.15) is 12.1 Å². The number of para-hydroxylation sites is 1. The van der Waals surface area contributed by atoms with Crippen molar-refractivity contribution >= 4 is 40.8 Å². The number of unbranched alkanes of at least 4 members (excludes halogenated alkanes) is 1. The summed E-state index contributed by atoms with van der Waals surface area (Å²) in [6.45, 7) is 5.97. The predicted octanol–water partition coefficient (Wildman–Crippen LogP) is 3.79. The second kappa shape index (κ2) is 24.2. The fraction of sp³-hybridized carbons (Fsp3) is 0.658. The van der Waals surface area contributed by atoms with Gasteiger partial charge in [-0.2, -0.15) is 10.1 Å². The highest BCUT2D eigenvalue weighted by molar-refractivity contribution is 5.90. The van der Waals surface area contributed by atoms with Crippen LogP contribution in [-0.4, -0.2) is 103 Å². The maximum absolute atomic E-state index is 12.8. The number of fused-ring (bicyclic) bond motifs is 1. The molecule has 1 saturated carbocycles. The van der Waals surface area contributed by atoms with Crippen LogP contribution in [0.4, 0.5) is 11.8 Å². The summed E-state index contributed by atoms with van der Waals surface area (Å²) in [5.41, 5.74) is 14.5. The summed E-state index contributed by atoms with van der Waals surface area (Å²) in [6.07, 6.45) is 15.3. The van der Waals surface area contributed by atoms with Crippen LogP contribution in [0.25, 0.3) is 10.9 Å². The van der Waals surface area contributed by atoms with Gasteiger partial charge in [0, 0.05) is 62.7 Å². The summed E-state index contributed by atoms with van der Waals surface area (Å²) in [4.78, 5) is 46.7. The molecule has 53 heavy (non-hydrogen) atoms. The van der Waals surface area contributed by atoms with Crippen LogP contribution in [0, 0.1) is 5.53 Å². The topological polar surface area (TPSA) is 215 Å². The van der Waals surface area contributed by atoms with Gasteiger partial charge in [-0.3, -0.25) is 9.59 Å².